The van der Waals surface area contributed by atoms with Gasteiger partial charge in [-0.3, -0.25) is 9.59 Å². The molecule has 0 radical (unpaired) electrons. The van der Waals surface area contributed by atoms with Crippen molar-refractivity contribution >= 4 is 11.9 Å². The van der Waals surface area contributed by atoms with Crippen molar-refractivity contribution in [3.05, 3.63) is 59.7 Å². The van der Waals surface area contributed by atoms with E-state index in [1.165, 1.54) is 0 Å². The van der Waals surface area contributed by atoms with E-state index in [0.717, 1.165) is 22.6 Å². The van der Waals surface area contributed by atoms with Crippen molar-refractivity contribution in [2.24, 2.45) is 11.8 Å². The van der Waals surface area contributed by atoms with E-state index in [9.17, 15) is 9.59 Å². The lowest BCUT2D eigenvalue weighted by Crippen LogP contribution is -2.19. The molecule has 6 nitrogen and oxygen atoms in total. The first-order chi connectivity index (χ1) is 15.6. The Bertz CT molecular complexity index is 808. The fourth-order valence-corrected chi connectivity index (χ4v) is 3.04. The van der Waals surface area contributed by atoms with Gasteiger partial charge in [0.15, 0.2) is 0 Å². The van der Waals surface area contributed by atoms with E-state index in [1.54, 1.807) is 27.7 Å². The van der Waals surface area contributed by atoms with Gasteiger partial charge >= 0.3 is 11.9 Å². The van der Waals surface area contributed by atoms with Crippen LogP contribution >= 0.6 is 0 Å². The zero-order valence-electron chi connectivity index (χ0n) is 20.6. The van der Waals surface area contributed by atoms with Crippen LogP contribution in [-0.2, 0) is 24.5 Å². The van der Waals surface area contributed by atoms with Crippen molar-refractivity contribution in [2.45, 2.75) is 47.0 Å². The maximum absolute atomic E-state index is 11.5. The Kier molecular flexibility index (Phi) is 9.76. The van der Waals surface area contributed by atoms with Gasteiger partial charge in [0.2, 0.25) is 0 Å². The van der Waals surface area contributed by atoms with Gasteiger partial charge in [-0.05, 0) is 35.4 Å². The first-order valence-electron chi connectivity index (χ1n) is 11.4. The standard InChI is InChI=1S/C27H36O6/c1-19(2)25(28)32-17-15-30-23-11-7-21(8-12-23)27(5,6)22-9-13-24(14-10-22)31-16-18-33-26(29)20(3)4/h7-14,19-20H,15-18H2,1-6H3. The van der Waals surface area contributed by atoms with Crippen LogP contribution in [0.15, 0.2) is 48.5 Å². The first-order valence-corrected chi connectivity index (χ1v) is 11.4. The van der Waals surface area contributed by atoms with Crippen LogP contribution in [0.1, 0.15) is 52.7 Å². The molecule has 0 aromatic heterocycles. The molecule has 0 aliphatic rings. The van der Waals surface area contributed by atoms with Gasteiger partial charge in [0.25, 0.3) is 0 Å². The Morgan fingerprint density at radius 2 is 0.970 bits per heavy atom. The number of carbonyl (C=O) groups is 2. The second kappa shape index (κ2) is 12.3. The number of hydrogen-bond acceptors (Lipinski definition) is 6. The van der Waals surface area contributed by atoms with Gasteiger partial charge in [0.1, 0.15) is 37.9 Å². The first kappa shape index (κ1) is 26.2. The maximum atomic E-state index is 11.5. The van der Waals surface area contributed by atoms with E-state index < -0.39 is 0 Å². The van der Waals surface area contributed by atoms with Gasteiger partial charge < -0.3 is 18.9 Å². The molecule has 180 valence electrons. The van der Waals surface area contributed by atoms with Gasteiger partial charge in [-0.25, -0.2) is 0 Å². The quantitative estimate of drug-likeness (QED) is 0.324. The lowest BCUT2D eigenvalue weighted by Gasteiger charge is -2.26. The third kappa shape index (κ3) is 8.12. The lowest BCUT2D eigenvalue weighted by molar-refractivity contribution is -0.148. The van der Waals surface area contributed by atoms with E-state index in [1.807, 2.05) is 48.5 Å². The largest absolute Gasteiger partial charge is 0.490 e. The fourth-order valence-electron chi connectivity index (χ4n) is 3.04. The second-order valence-electron chi connectivity index (χ2n) is 9.02. The molecule has 0 unspecified atom stereocenters. The summed E-state index contributed by atoms with van der Waals surface area (Å²) in [6.45, 7) is 12.6. The van der Waals surface area contributed by atoms with E-state index in [2.05, 4.69) is 13.8 Å². The van der Waals surface area contributed by atoms with E-state index in [0.29, 0.717) is 13.2 Å². The molecule has 0 N–H and O–H groups in total. The molecule has 6 heteroatoms. The topological polar surface area (TPSA) is 71.1 Å². The van der Waals surface area contributed by atoms with Crippen molar-refractivity contribution in [3.63, 3.8) is 0 Å². The number of ether oxygens (including phenoxy) is 4. The predicted octanol–water partition coefficient (Wildman–Crippen LogP) is 5.17. The van der Waals surface area contributed by atoms with Crippen LogP contribution in [0, 0.1) is 11.8 Å². The zero-order valence-corrected chi connectivity index (χ0v) is 20.6. The normalized spacial score (nSPS) is 11.4. The molecule has 33 heavy (non-hydrogen) atoms. The van der Waals surface area contributed by atoms with Crippen molar-refractivity contribution < 1.29 is 28.5 Å². The summed E-state index contributed by atoms with van der Waals surface area (Å²) in [4.78, 5) is 22.9. The molecule has 0 aliphatic carbocycles. The molecule has 2 aromatic rings. The van der Waals surface area contributed by atoms with Crippen LogP contribution in [0.25, 0.3) is 0 Å². The molecule has 0 bridgehead atoms. The molecule has 0 saturated heterocycles. The predicted molar refractivity (Wildman–Crippen MR) is 128 cm³/mol. The Labute approximate surface area is 197 Å². The molecular formula is C27H36O6. The number of esters is 2. The van der Waals surface area contributed by atoms with Crippen LogP contribution in [0.2, 0.25) is 0 Å². The van der Waals surface area contributed by atoms with Crippen LogP contribution in [0.5, 0.6) is 11.5 Å². The Hall–Kier alpha value is -3.02. The average molecular weight is 457 g/mol. The SMILES string of the molecule is CC(C)C(=O)OCCOc1ccc(C(C)(C)c2ccc(OCCOC(=O)C(C)C)cc2)cc1. The summed E-state index contributed by atoms with van der Waals surface area (Å²) in [6.07, 6.45) is 0. The summed E-state index contributed by atoms with van der Waals surface area (Å²) in [7, 11) is 0. The zero-order chi connectivity index (χ0) is 24.4. The monoisotopic (exact) mass is 456 g/mol. The van der Waals surface area contributed by atoms with Crippen LogP contribution in [-0.4, -0.2) is 38.4 Å². The highest BCUT2D eigenvalue weighted by Gasteiger charge is 2.23. The summed E-state index contributed by atoms with van der Waals surface area (Å²) in [5.41, 5.74) is 2.09. The highest BCUT2D eigenvalue weighted by molar-refractivity contribution is 5.71. The van der Waals surface area contributed by atoms with E-state index in [4.69, 9.17) is 18.9 Å². The summed E-state index contributed by atoms with van der Waals surface area (Å²) < 4.78 is 21.6. The van der Waals surface area contributed by atoms with Crippen molar-refractivity contribution in [2.75, 3.05) is 26.4 Å². The van der Waals surface area contributed by atoms with Gasteiger partial charge in [-0.1, -0.05) is 65.8 Å². The van der Waals surface area contributed by atoms with Gasteiger partial charge in [0.05, 0.1) is 11.8 Å². The summed E-state index contributed by atoms with van der Waals surface area (Å²) in [5.74, 6) is 0.751. The van der Waals surface area contributed by atoms with Crippen LogP contribution in [0.3, 0.4) is 0 Å². The molecule has 2 rings (SSSR count). The Balaban J connectivity index is 1.87. The molecule has 0 aliphatic heterocycles. The smallest absolute Gasteiger partial charge is 0.308 e. The Morgan fingerprint density at radius 1 is 0.636 bits per heavy atom. The molecule has 0 atom stereocenters. The van der Waals surface area contributed by atoms with Gasteiger partial charge in [0, 0.05) is 5.41 Å². The van der Waals surface area contributed by atoms with Gasteiger partial charge in [-0.15, -0.1) is 0 Å². The van der Waals surface area contributed by atoms with E-state index in [-0.39, 0.29) is 42.4 Å². The Morgan fingerprint density at radius 3 is 1.27 bits per heavy atom. The van der Waals surface area contributed by atoms with E-state index >= 15 is 0 Å². The van der Waals surface area contributed by atoms with Crippen molar-refractivity contribution in [3.8, 4) is 11.5 Å². The third-order valence-electron chi connectivity index (χ3n) is 5.29. The molecule has 2 aromatic carbocycles. The molecular weight excluding hydrogens is 420 g/mol. The van der Waals surface area contributed by atoms with Crippen molar-refractivity contribution in [1.29, 1.82) is 0 Å². The summed E-state index contributed by atoms with van der Waals surface area (Å²) in [6, 6.07) is 15.9. The number of benzene rings is 2. The number of hydrogen-bond donors (Lipinski definition) is 0. The minimum absolute atomic E-state index is 0.137. The second-order valence-corrected chi connectivity index (χ2v) is 9.02. The number of carbonyl (C=O) groups excluding carboxylic acids is 2. The highest BCUT2D eigenvalue weighted by Crippen LogP contribution is 2.33. The minimum Gasteiger partial charge on any atom is -0.490 e. The fraction of sp³-hybridized carbons (Fsp3) is 0.481. The van der Waals surface area contributed by atoms with Gasteiger partial charge in [-0.2, -0.15) is 0 Å². The molecule has 0 spiro atoms. The molecule has 0 heterocycles. The molecule has 0 saturated carbocycles. The lowest BCUT2D eigenvalue weighted by atomic mass is 9.78. The minimum atomic E-state index is -0.221. The molecule has 0 fully saturated rings. The third-order valence-corrected chi connectivity index (χ3v) is 5.29. The van der Waals surface area contributed by atoms with Crippen LogP contribution in [0.4, 0.5) is 0 Å². The average Bonchev–Trinajstić information content (AvgIpc) is 2.79. The molecule has 0 amide bonds. The number of rotatable bonds is 12. The maximum Gasteiger partial charge on any atom is 0.308 e. The highest BCUT2D eigenvalue weighted by atomic mass is 16.6. The summed E-state index contributed by atoms with van der Waals surface area (Å²) in [5, 5.41) is 0. The van der Waals surface area contributed by atoms with Crippen molar-refractivity contribution in [1.82, 2.24) is 0 Å². The summed E-state index contributed by atoms with van der Waals surface area (Å²) >= 11 is 0. The van der Waals surface area contributed by atoms with Crippen LogP contribution < -0.4 is 9.47 Å².